The van der Waals surface area contributed by atoms with Crippen LogP contribution in [0.3, 0.4) is 0 Å². The van der Waals surface area contributed by atoms with Crippen LogP contribution in [-0.4, -0.2) is 152 Å². The molecule has 4 heterocycles. The fourth-order valence-corrected chi connectivity index (χ4v) is 7.96. The van der Waals surface area contributed by atoms with Gasteiger partial charge in [0.15, 0.2) is 5.96 Å². The molecular formula is C42H62N14O9. The van der Waals surface area contributed by atoms with Crippen LogP contribution in [0.15, 0.2) is 48.0 Å². The van der Waals surface area contributed by atoms with Crippen LogP contribution < -0.4 is 49.1 Å². The van der Waals surface area contributed by atoms with Crippen molar-refractivity contribution in [1.82, 2.24) is 51.8 Å². The molecule has 1 aromatic carbocycles. The van der Waals surface area contributed by atoms with Gasteiger partial charge >= 0.3 is 0 Å². The Hall–Kier alpha value is -6.59. The molecule has 9 atom stereocenters. The maximum absolute atomic E-state index is 14.6. The number of aromatic nitrogens is 3. The van der Waals surface area contributed by atoms with E-state index in [1.165, 1.54) is 31.3 Å². The van der Waals surface area contributed by atoms with Gasteiger partial charge in [-0.25, -0.2) is 4.98 Å². The molecule has 2 fully saturated rings. The smallest absolute Gasteiger partial charge is 0.245 e. The van der Waals surface area contributed by atoms with Crippen LogP contribution in [-0.2, 0) is 46.4 Å². The van der Waals surface area contributed by atoms with Gasteiger partial charge in [-0.1, -0.05) is 18.2 Å². The summed E-state index contributed by atoms with van der Waals surface area (Å²) < 4.78 is 0. The number of rotatable bonds is 14. The van der Waals surface area contributed by atoms with Crippen LogP contribution in [0.2, 0.25) is 0 Å². The van der Waals surface area contributed by atoms with Gasteiger partial charge in [-0.2, -0.15) is 0 Å². The van der Waals surface area contributed by atoms with E-state index in [1.54, 1.807) is 12.3 Å². The number of benzene rings is 1. The lowest BCUT2D eigenvalue weighted by Gasteiger charge is -2.31. The Labute approximate surface area is 375 Å². The number of amides is 7. The number of aromatic amines is 2. The molecule has 23 nitrogen and oxygen atoms in total. The Bertz CT molecular complexity index is 2160. The number of hydrogen-bond donors (Lipinski definition) is 13. The normalized spacial score (nSPS) is 25.2. The number of H-pyrrole nitrogens is 2. The van der Waals surface area contributed by atoms with Crippen LogP contribution >= 0.6 is 0 Å². The zero-order valence-electron chi connectivity index (χ0n) is 36.5. The summed E-state index contributed by atoms with van der Waals surface area (Å²) in [5.74, 6) is -5.99. The zero-order valence-corrected chi connectivity index (χ0v) is 36.5. The zero-order chi connectivity index (χ0) is 47.2. The van der Waals surface area contributed by atoms with Crippen molar-refractivity contribution in [3.8, 4) is 0 Å². The van der Waals surface area contributed by atoms with Crippen LogP contribution in [0.25, 0.3) is 10.9 Å². The van der Waals surface area contributed by atoms with Crippen LogP contribution in [0, 0.1) is 0 Å². The molecule has 2 aromatic heterocycles. The van der Waals surface area contributed by atoms with Crippen molar-refractivity contribution in [2.75, 3.05) is 19.6 Å². The van der Waals surface area contributed by atoms with Gasteiger partial charge < -0.3 is 74.2 Å². The molecule has 354 valence electrons. The first-order chi connectivity index (χ1) is 31.1. The number of para-hydroxylation sites is 1. The van der Waals surface area contributed by atoms with Crippen molar-refractivity contribution in [3.05, 3.63) is 54.2 Å². The van der Waals surface area contributed by atoms with Crippen molar-refractivity contribution in [2.24, 2.45) is 22.2 Å². The second kappa shape index (κ2) is 23.4. The average Bonchev–Trinajstić information content (AvgIpc) is 4.06. The molecule has 0 aliphatic carbocycles. The Morgan fingerprint density at radius 3 is 2.03 bits per heavy atom. The number of carbonyl (C=O) groups is 7. The second-order valence-corrected chi connectivity index (χ2v) is 16.5. The quantitative estimate of drug-likeness (QED) is 0.0426. The van der Waals surface area contributed by atoms with E-state index in [-0.39, 0.29) is 64.1 Å². The van der Waals surface area contributed by atoms with E-state index in [0.717, 1.165) is 10.9 Å². The largest absolute Gasteiger partial charge is 0.391 e. The fraction of sp³-hybridized carbons (Fsp3) is 0.548. The summed E-state index contributed by atoms with van der Waals surface area (Å²) in [4.78, 5) is 115. The summed E-state index contributed by atoms with van der Waals surface area (Å²) in [5, 5.41) is 38.2. The molecule has 2 saturated heterocycles. The number of guanidine groups is 1. The van der Waals surface area contributed by atoms with Crippen LogP contribution in [0.4, 0.5) is 0 Å². The number of aliphatic hydroxyl groups is 2. The van der Waals surface area contributed by atoms with E-state index in [4.69, 9.17) is 17.2 Å². The molecule has 3 aromatic rings. The van der Waals surface area contributed by atoms with E-state index < -0.39 is 95.9 Å². The van der Waals surface area contributed by atoms with Crippen molar-refractivity contribution in [1.29, 1.82) is 0 Å². The summed E-state index contributed by atoms with van der Waals surface area (Å²) in [6.45, 7) is 2.99. The van der Waals surface area contributed by atoms with Gasteiger partial charge in [0, 0.05) is 54.9 Å². The third-order valence-corrected chi connectivity index (χ3v) is 11.4. The van der Waals surface area contributed by atoms with Crippen LogP contribution in [0.5, 0.6) is 0 Å². The van der Waals surface area contributed by atoms with E-state index >= 15 is 0 Å². The van der Waals surface area contributed by atoms with Crippen molar-refractivity contribution >= 4 is 58.2 Å². The Morgan fingerprint density at radius 1 is 0.754 bits per heavy atom. The number of nitrogens with one attached hydrogen (secondary N) is 8. The second-order valence-electron chi connectivity index (χ2n) is 16.5. The Balaban J connectivity index is 1.57. The lowest BCUT2D eigenvalue weighted by atomic mass is 10.0. The molecule has 5 rings (SSSR count). The van der Waals surface area contributed by atoms with Gasteiger partial charge in [0.2, 0.25) is 41.4 Å². The minimum absolute atomic E-state index is 0.0300. The maximum Gasteiger partial charge on any atom is 0.245 e. The highest BCUT2D eigenvalue weighted by molar-refractivity contribution is 5.99. The minimum atomic E-state index is -1.73. The molecule has 0 saturated carbocycles. The maximum atomic E-state index is 14.6. The molecule has 65 heavy (non-hydrogen) atoms. The highest BCUT2D eigenvalue weighted by atomic mass is 16.3. The van der Waals surface area contributed by atoms with Crippen molar-refractivity contribution in [3.63, 3.8) is 0 Å². The molecule has 0 radical (unpaired) electrons. The van der Waals surface area contributed by atoms with Crippen LogP contribution in [0.1, 0.15) is 70.1 Å². The van der Waals surface area contributed by atoms with E-state index in [0.29, 0.717) is 30.5 Å². The highest BCUT2D eigenvalue weighted by Gasteiger charge is 2.41. The highest BCUT2D eigenvalue weighted by Crippen LogP contribution is 2.23. The summed E-state index contributed by atoms with van der Waals surface area (Å²) in [7, 11) is 0. The number of aliphatic imine (C=N–C) groups is 1. The number of imidazole rings is 1. The molecule has 0 spiro atoms. The third-order valence-electron chi connectivity index (χ3n) is 11.4. The molecule has 0 bridgehead atoms. The first-order valence-electron chi connectivity index (χ1n) is 21.8. The molecule has 23 heteroatoms. The topological polar surface area (TPSA) is 370 Å². The summed E-state index contributed by atoms with van der Waals surface area (Å²) in [6.07, 6.45) is 2.89. The Morgan fingerprint density at radius 2 is 1.35 bits per heavy atom. The predicted octanol–water partition coefficient (Wildman–Crippen LogP) is -3.47. The van der Waals surface area contributed by atoms with Gasteiger partial charge in [-0.3, -0.25) is 38.6 Å². The number of aliphatic hydroxyl groups excluding tert-OH is 2. The van der Waals surface area contributed by atoms with E-state index in [9.17, 15) is 43.8 Å². The Kier molecular flexibility index (Phi) is 17.8. The van der Waals surface area contributed by atoms with Gasteiger partial charge in [0.25, 0.3) is 0 Å². The van der Waals surface area contributed by atoms with Gasteiger partial charge in [0.1, 0.15) is 42.3 Å². The number of nitrogens with zero attached hydrogens (tertiary/aromatic N) is 3. The average molecular weight is 907 g/mol. The number of carbonyl (C=O) groups excluding carboxylic acids is 7. The van der Waals surface area contributed by atoms with Gasteiger partial charge in [0.05, 0.1) is 18.5 Å². The summed E-state index contributed by atoms with van der Waals surface area (Å²) in [5.41, 5.74) is 18.6. The number of hydrogen-bond acceptors (Lipinski definition) is 12. The molecular weight excluding hydrogens is 845 g/mol. The SMILES string of the molecule is C[C@@H](O)[C@@H]1NC(=O)[C@H](Cc2c[nH]c3ccccc23)NC(=O)[C@@H]2CCCN2C(=O)[C@H](CCCN=C(N)N)NC(=O)[C@H](CCCCN)NC(=O)[C@H](Cc2cnc[nH]2)NC(=O)[C@H]([C@@H](C)O)NC1=O. The molecule has 2 aliphatic heterocycles. The van der Waals surface area contributed by atoms with Crippen molar-refractivity contribution < 1.29 is 43.8 Å². The third kappa shape index (κ3) is 13.5. The monoisotopic (exact) mass is 906 g/mol. The molecule has 7 amide bonds. The number of fused-ring (bicyclic) bond motifs is 2. The first kappa shape index (κ1) is 49.4. The lowest BCUT2D eigenvalue weighted by Crippen LogP contribution is -2.63. The first-order valence-corrected chi connectivity index (χ1v) is 21.8. The standard InChI is InChI=1S/C42H62N14O9/c1-22(57)33-39(63)53-31(18-25-20-46-21-49-25)36(60)50-28(11-5-6-14-43)35(59)51-29(12-7-15-47-42(44)45)41(65)56-16-8-13-32(56)38(62)52-30(37(61)54-34(23(2)58)40(64)55-33)17-24-19-48-27-10-4-3-9-26(24)27/h3-4,9-10,19-23,28-34,48,57-58H,5-8,11-18,43H2,1-2H3,(H,46,49)(H,50,60)(H,51,59)(H,52,62)(H,53,63)(H,54,61)(H,55,64)(H4,44,45,47)/t22-,23-,28+,29+,30+,31+,32+,33+,34+/m1/s1. The minimum Gasteiger partial charge on any atom is -0.391 e. The molecule has 2 aliphatic rings. The summed E-state index contributed by atoms with van der Waals surface area (Å²) >= 11 is 0. The summed E-state index contributed by atoms with van der Waals surface area (Å²) in [6, 6.07) is -2.51. The molecule has 0 unspecified atom stereocenters. The number of nitrogens with two attached hydrogens (primary N) is 3. The van der Waals surface area contributed by atoms with E-state index in [2.05, 4.69) is 51.8 Å². The fourth-order valence-electron chi connectivity index (χ4n) is 7.96. The molecule has 16 N–H and O–H groups in total. The lowest BCUT2D eigenvalue weighted by molar-refractivity contribution is -0.142. The predicted molar refractivity (Wildman–Crippen MR) is 237 cm³/mol. The van der Waals surface area contributed by atoms with Gasteiger partial charge in [-0.05, 0) is 77.0 Å². The number of unbranched alkanes of at least 4 members (excludes halogenated alkanes) is 1. The van der Waals surface area contributed by atoms with Crippen molar-refractivity contribution in [2.45, 2.75) is 126 Å². The van der Waals surface area contributed by atoms with Gasteiger partial charge in [-0.15, -0.1) is 0 Å². The van der Waals surface area contributed by atoms with E-state index in [1.807, 2.05) is 18.2 Å².